The van der Waals surface area contributed by atoms with Gasteiger partial charge in [0.15, 0.2) is 0 Å². The largest absolute Gasteiger partial charge is 0.444 e. The molecule has 130 valence electrons. The summed E-state index contributed by atoms with van der Waals surface area (Å²) < 4.78 is 10.7. The lowest BCUT2D eigenvalue weighted by Crippen LogP contribution is -2.63. The van der Waals surface area contributed by atoms with Gasteiger partial charge in [0.2, 0.25) is 17.7 Å². The van der Waals surface area contributed by atoms with E-state index in [0.717, 1.165) is 5.56 Å². The van der Waals surface area contributed by atoms with E-state index in [2.05, 4.69) is 20.5 Å². The van der Waals surface area contributed by atoms with Crippen LogP contribution in [0.5, 0.6) is 0 Å². The van der Waals surface area contributed by atoms with E-state index in [1.165, 1.54) is 0 Å². The van der Waals surface area contributed by atoms with E-state index >= 15 is 0 Å². The predicted molar refractivity (Wildman–Crippen MR) is 84.3 cm³/mol. The average Bonchev–Trinajstić information content (AvgIpc) is 3.19. The molecule has 1 N–H and O–H groups in total. The van der Waals surface area contributed by atoms with Crippen LogP contribution in [0.1, 0.15) is 19.7 Å². The first-order valence-electron chi connectivity index (χ1n) is 7.97. The Morgan fingerprint density at radius 3 is 2.84 bits per heavy atom. The van der Waals surface area contributed by atoms with Crippen LogP contribution < -0.4 is 5.32 Å². The average molecular weight is 343 g/mol. The van der Waals surface area contributed by atoms with Gasteiger partial charge in [-0.15, -0.1) is 10.2 Å². The first kappa shape index (κ1) is 15.6. The number of nitrogens with zero attached hydrogens (tertiary/aromatic N) is 4. The summed E-state index contributed by atoms with van der Waals surface area (Å²) >= 11 is 0. The van der Waals surface area contributed by atoms with Gasteiger partial charge in [-0.2, -0.15) is 0 Å². The minimum absolute atomic E-state index is 0.164. The first-order chi connectivity index (χ1) is 12.0. The summed E-state index contributed by atoms with van der Waals surface area (Å²) in [4.78, 5) is 29.4. The van der Waals surface area contributed by atoms with Gasteiger partial charge in [-0.25, -0.2) is 4.79 Å². The van der Waals surface area contributed by atoms with Gasteiger partial charge in [-0.1, -0.05) is 0 Å². The number of amides is 2. The lowest BCUT2D eigenvalue weighted by Gasteiger charge is -2.46. The van der Waals surface area contributed by atoms with E-state index in [4.69, 9.17) is 9.15 Å². The van der Waals surface area contributed by atoms with Crippen LogP contribution in [0.3, 0.4) is 0 Å². The first-order valence-corrected chi connectivity index (χ1v) is 7.97. The fourth-order valence-electron chi connectivity index (χ4n) is 3.13. The van der Waals surface area contributed by atoms with Gasteiger partial charge in [0.05, 0.1) is 11.0 Å². The highest BCUT2D eigenvalue weighted by Gasteiger charge is 2.50. The Kier molecular flexibility index (Phi) is 3.45. The maximum Gasteiger partial charge on any atom is 0.408 e. The molecule has 2 aliphatic heterocycles. The molecule has 2 amide bonds. The number of likely N-dealkylation sites (tertiary alicyclic amines) is 1. The van der Waals surface area contributed by atoms with Crippen LogP contribution in [0, 0.1) is 0 Å². The SMILES string of the molecule is CC1OC(=O)NC1C(=O)N1CC(C)(c2nnc(-c3cccnc3)o2)C1. The number of carbonyl (C=O) groups excluding carboxylic acids is 2. The van der Waals surface area contributed by atoms with E-state index in [9.17, 15) is 9.59 Å². The summed E-state index contributed by atoms with van der Waals surface area (Å²) in [7, 11) is 0. The van der Waals surface area contributed by atoms with Crippen LogP contribution >= 0.6 is 0 Å². The fraction of sp³-hybridized carbons (Fsp3) is 0.438. The van der Waals surface area contributed by atoms with E-state index in [1.807, 2.05) is 13.0 Å². The number of pyridine rings is 1. The molecule has 2 unspecified atom stereocenters. The third-order valence-corrected chi connectivity index (χ3v) is 4.54. The van der Waals surface area contributed by atoms with Crippen LogP contribution in [0.4, 0.5) is 4.79 Å². The summed E-state index contributed by atoms with van der Waals surface area (Å²) in [5, 5.41) is 10.7. The zero-order valence-electron chi connectivity index (χ0n) is 13.8. The second-order valence-corrected chi connectivity index (χ2v) is 6.64. The molecular formula is C16H17N5O4. The van der Waals surface area contributed by atoms with Gasteiger partial charge in [-0.05, 0) is 26.0 Å². The minimum atomic E-state index is -0.648. The Morgan fingerprint density at radius 1 is 1.40 bits per heavy atom. The van der Waals surface area contributed by atoms with Crippen LogP contribution in [-0.2, 0) is 14.9 Å². The molecule has 4 heterocycles. The van der Waals surface area contributed by atoms with E-state index in [-0.39, 0.29) is 5.91 Å². The molecule has 0 aromatic carbocycles. The molecule has 2 aromatic heterocycles. The van der Waals surface area contributed by atoms with Gasteiger partial charge < -0.3 is 19.4 Å². The van der Waals surface area contributed by atoms with Gasteiger partial charge in [0.1, 0.15) is 12.1 Å². The number of aromatic nitrogens is 3. The maximum absolute atomic E-state index is 12.5. The topological polar surface area (TPSA) is 110 Å². The Balaban J connectivity index is 1.45. The molecule has 2 aromatic rings. The number of nitrogens with one attached hydrogen (secondary N) is 1. The number of rotatable bonds is 3. The molecular weight excluding hydrogens is 326 g/mol. The molecule has 2 saturated heterocycles. The summed E-state index contributed by atoms with van der Waals surface area (Å²) in [6.07, 6.45) is 2.28. The maximum atomic E-state index is 12.5. The highest BCUT2D eigenvalue weighted by molar-refractivity contribution is 5.89. The van der Waals surface area contributed by atoms with Gasteiger partial charge in [0, 0.05) is 25.5 Å². The predicted octanol–water partition coefficient (Wildman–Crippen LogP) is 0.728. The molecule has 9 nitrogen and oxygen atoms in total. The summed E-state index contributed by atoms with van der Waals surface area (Å²) in [5.41, 5.74) is 0.340. The second-order valence-electron chi connectivity index (χ2n) is 6.64. The fourth-order valence-corrected chi connectivity index (χ4v) is 3.13. The zero-order chi connectivity index (χ0) is 17.6. The molecule has 0 saturated carbocycles. The normalized spacial score (nSPS) is 24.4. The smallest absolute Gasteiger partial charge is 0.408 e. The number of ether oxygens (including phenoxy) is 1. The van der Waals surface area contributed by atoms with Crippen molar-refractivity contribution in [2.75, 3.05) is 13.1 Å². The van der Waals surface area contributed by atoms with Crippen molar-refractivity contribution in [1.82, 2.24) is 25.4 Å². The zero-order valence-corrected chi connectivity index (χ0v) is 13.8. The number of hydrogen-bond acceptors (Lipinski definition) is 7. The third-order valence-electron chi connectivity index (χ3n) is 4.54. The van der Waals surface area contributed by atoms with Crippen LogP contribution in [-0.4, -0.2) is 57.3 Å². The van der Waals surface area contributed by atoms with Gasteiger partial charge in [-0.3, -0.25) is 9.78 Å². The van der Waals surface area contributed by atoms with Crippen molar-refractivity contribution in [3.8, 4) is 11.5 Å². The number of hydrogen-bond donors (Lipinski definition) is 1. The molecule has 4 rings (SSSR count). The third kappa shape index (κ3) is 2.61. The molecule has 0 aliphatic carbocycles. The molecule has 0 bridgehead atoms. The molecule has 2 atom stereocenters. The highest BCUT2D eigenvalue weighted by atomic mass is 16.6. The number of alkyl carbamates (subject to hydrolysis) is 1. The van der Waals surface area contributed by atoms with Crippen molar-refractivity contribution in [3.05, 3.63) is 30.4 Å². The minimum Gasteiger partial charge on any atom is -0.444 e. The van der Waals surface area contributed by atoms with Crippen molar-refractivity contribution in [3.63, 3.8) is 0 Å². The molecule has 0 spiro atoms. The number of cyclic esters (lactones) is 1. The molecule has 9 heteroatoms. The lowest BCUT2D eigenvalue weighted by atomic mass is 9.81. The van der Waals surface area contributed by atoms with Gasteiger partial charge >= 0.3 is 6.09 Å². The van der Waals surface area contributed by atoms with Crippen LogP contribution in [0.2, 0.25) is 0 Å². The van der Waals surface area contributed by atoms with E-state index < -0.39 is 23.7 Å². The van der Waals surface area contributed by atoms with Crippen molar-refractivity contribution in [1.29, 1.82) is 0 Å². The van der Waals surface area contributed by atoms with E-state index in [0.29, 0.717) is 24.9 Å². The van der Waals surface area contributed by atoms with E-state index in [1.54, 1.807) is 30.3 Å². The number of carbonyl (C=O) groups is 2. The van der Waals surface area contributed by atoms with Crippen LogP contribution in [0.15, 0.2) is 28.9 Å². The molecule has 2 aliphatic rings. The molecule has 2 fully saturated rings. The summed E-state index contributed by atoms with van der Waals surface area (Å²) in [6.45, 7) is 4.54. The molecule has 0 radical (unpaired) electrons. The Bertz CT molecular complexity index is 815. The quantitative estimate of drug-likeness (QED) is 0.874. The Hall–Kier alpha value is -2.97. The van der Waals surface area contributed by atoms with Gasteiger partial charge in [0.25, 0.3) is 0 Å². The molecule has 25 heavy (non-hydrogen) atoms. The standard InChI is InChI=1S/C16H17N5O4/c1-9-11(18-15(23)24-9)13(22)21-7-16(2,8-21)14-20-19-12(25-14)10-4-3-5-17-6-10/h3-6,9,11H,7-8H2,1-2H3,(H,18,23). The summed E-state index contributed by atoms with van der Waals surface area (Å²) in [6, 6.07) is 2.99. The highest BCUT2D eigenvalue weighted by Crippen LogP contribution is 2.35. The van der Waals surface area contributed by atoms with Crippen molar-refractivity contribution in [2.24, 2.45) is 0 Å². The monoisotopic (exact) mass is 343 g/mol. The van der Waals surface area contributed by atoms with Crippen molar-refractivity contribution < 1.29 is 18.7 Å². The second kappa shape index (κ2) is 5.54. The van der Waals surface area contributed by atoms with Crippen LogP contribution in [0.25, 0.3) is 11.5 Å². The lowest BCUT2D eigenvalue weighted by molar-refractivity contribution is -0.142. The van der Waals surface area contributed by atoms with Crippen molar-refractivity contribution >= 4 is 12.0 Å². The van der Waals surface area contributed by atoms with Crippen molar-refractivity contribution in [2.45, 2.75) is 31.4 Å². The Morgan fingerprint density at radius 2 is 2.20 bits per heavy atom. The Labute approximate surface area is 143 Å². The summed E-state index contributed by atoms with van der Waals surface area (Å²) in [5.74, 6) is 0.720.